The van der Waals surface area contributed by atoms with E-state index in [1.54, 1.807) is 35.1 Å². The van der Waals surface area contributed by atoms with Gasteiger partial charge in [-0.2, -0.15) is 4.80 Å². The van der Waals surface area contributed by atoms with Gasteiger partial charge in [-0.25, -0.2) is 0 Å². The van der Waals surface area contributed by atoms with Crippen LogP contribution in [-0.4, -0.2) is 20.9 Å². The lowest BCUT2D eigenvalue weighted by Gasteiger charge is -2.00. The second-order valence-corrected chi connectivity index (χ2v) is 8.00. The molecule has 2 heterocycles. The number of aromatic nitrogens is 3. The maximum absolute atomic E-state index is 12.4. The van der Waals surface area contributed by atoms with Crippen molar-refractivity contribution in [1.82, 2.24) is 15.0 Å². The first-order valence-corrected chi connectivity index (χ1v) is 10.7. The van der Waals surface area contributed by atoms with Crippen molar-refractivity contribution in [3.05, 3.63) is 101 Å². The van der Waals surface area contributed by atoms with Crippen molar-refractivity contribution >= 4 is 40.3 Å². The smallest absolute Gasteiger partial charge is 0.248 e. The molecule has 3 aromatic carbocycles. The fourth-order valence-corrected chi connectivity index (χ4v) is 3.47. The maximum atomic E-state index is 12.4. The lowest BCUT2D eigenvalue weighted by atomic mass is 10.2. The lowest BCUT2D eigenvalue weighted by Crippen LogP contribution is -2.07. The Hall–Kier alpha value is -4.16. The summed E-state index contributed by atoms with van der Waals surface area (Å²) in [4.78, 5) is 14.0. The van der Waals surface area contributed by atoms with E-state index in [1.165, 1.54) is 11.6 Å². The van der Waals surface area contributed by atoms with E-state index in [2.05, 4.69) is 15.5 Å². The highest BCUT2D eigenvalue weighted by molar-refractivity contribution is 6.30. The Bertz CT molecular complexity index is 1460. The Labute approximate surface area is 195 Å². The van der Waals surface area contributed by atoms with Crippen LogP contribution < -0.4 is 5.32 Å². The number of hydrogen-bond acceptors (Lipinski definition) is 4. The second-order valence-electron chi connectivity index (χ2n) is 7.56. The fraction of sp³-hybridized carbons (Fsp3) is 0.0385. The van der Waals surface area contributed by atoms with Crippen molar-refractivity contribution in [2.75, 3.05) is 5.32 Å². The molecule has 7 heteroatoms. The quantitative estimate of drug-likeness (QED) is 0.316. The first-order valence-electron chi connectivity index (χ1n) is 10.3. The van der Waals surface area contributed by atoms with Crippen molar-refractivity contribution in [2.24, 2.45) is 0 Å². The highest BCUT2D eigenvalue weighted by Gasteiger charge is 2.08. The highest BCUT2D eigenvalue weighted by atomic mass is 35.5. The first-order chi connectivity index (χ1) is 16.0. The molecule has 0 aliphatic heterocycles. The molecule has 6 nitrogen and oxygen atoms in total. The third-order valence-corrected chi connectivity index (χ3v) is 5.32. The van der Waals surface area contributed by atoms with Gasteiger partial charge in [0.25, 0.3) is 0 Å². The van der Waals surface area contributed by atoms with Gasteiger partial charge in [-0.3, -0.25) is 4.79 Å². The van der Waals surface area contributed by atoms with E-state index in [0.717, 1.165) is 16.8 Å². The van der Waals surface area contributed by atoms with Gasteiger partial charge in [0.15, 0.2) is 0 Å². The lowest BCUT2D eigenvalue weighted by molar-refractivity contribution is -0.111. The standard InChI is InChI=1S/C26H19ClN4O2/c1-17-2-9-21(10-3-17)31-29-23-13-8-20(16-24(23)30-31)28-26(32)15-12-22-11-14-25(33-22)18-4-6-19(27)7-5-18/h2-16H,1H3,(H,28,32)/b15-12+. The number of fused-ring (bicyclic) bond motifs is 1. The Balaban J connectivity index is 1.27. The Morgan fingerprint density at radius 3 is 2.48 bits per heavy atom. The average Bonchev–Trinajstić information content (AvgIpc) is 3.46. The summed E-state index contributed by atoms with van der Waals surface area (Å²) in [5.41, 5.74) is 5.03. The third-order valence-electron chi connectivity index (χ3n) is 5.07. The summed E-state index contributed by atoms with van der Waals surface area (Å²) in [6.45, 7) is 2.03. The number of nitrogens with zero attached hydrogens (tertiary/aromatic N) is 3. The van der Waals surface area contributed by atoms with E-state index in [9.17, 15) is 4.79 Å². The minimum atomic E-state index is -0.273. The molecule has 0 fully saturated rings. The summed E-state index contributed by atoms with van der Waals surface area (Å²) >= 11 is 5.93. The van der Waals surface area contributed by atoms with Crippen LogP contribution in [0.15, 0.2) is 89.4 Å². The number of nitrogens with one attached hydrogen (secondary N) is 1. The zero-order chi connectivity index (χ0) is 22.8. The molecule has 1 N–H and O–H groups in total. The van der Waals surface area contributed by atoms with Crippen LogP contribution in [0, 0.1) is 6.92 Å². The van der Waals surface area contributed by atoms with Crippen LogP contribution in [0.4, 0.5) is 5.69 Å². The number of amides is 1. The molecule has 0 unspecified atom stereocenters. The second kappa shape index (κ2) is 8.76. The van der Waals surface area contributed by atoms with Crippen molar-refractivity contribution in [1.29, 1.82) is 0 Å². The van der Waals surface area contributed by atoms with Crippen LogP contribution in [0.1, 0.15) is 11.3 Å². The van der Waals surface area contributed by atoms with Crippen molar-refractivity contribution < 1.29 is 9.21 Å². The number of carbonyl (C=O) groups excluding carboxylic acids is 1. The predicted molar refractivity (Wildman–Crippen MR) is 130 cm³/mol. The zero-order valence-corrected chi connectivity index (χ0v) is 18.5. The first kappa shape index (κ1) is 20.7. The van der Waals surface area contributed by atoms with Crippen LogP contribution in [0.2, 0.25) is 5.02 Å². The molecule has 0 atom stereocenters. The molecule has 2 aromatic heterocycles. The van der Waals surface area contributed by atoms with Gasteiger partial charge < -0.3 is 9.73 Å². The number of rotatable bonds is 5. The fourth-order valence-electron chi connectivity index (χ4n) is 3.34. The predicted octanol–water partition coefficient (Wildman–Crippen LogP) is 6.29. The summed E-state index contributed by atoms with van der Waals surface area (Å²) < 4.78 is 5.79. The average molecular weight is 455 g/mol. The van der Waals surface area contributed by atoms with Gasteiger partial charge >= 0.3 is 0 Å². The molecular weight excluding hydrogens is 436 g/mol. The molecule has 0 spiro atoms. The van der Waals surface area contributed by atoms with Crippen LogP contribution >= 0.6 is 11.6 Å². The minimum absolute atomic E-state index is 0.273. The van der Waals surface area contributed by atoms with Crippen molar-refractivity contribution in [3.8, 4) is 17.0 Å². The molecule has 5 aromatic rings. The molecule has 0 aliphatic rings. The molecule has 162 valence electrons. The minimum Gasteiger partial charge on any atom is -0.457 e. The number of hydrogen-bond donors (Lipinski definition) is 1. The summed E-state index contributed by atoms with van der Waals surface area (Å²) in [5, 5.41) is 12.5. The maximum Gasteiger partial charge on any atom is 0.248 e. The van der Waals surface area contributed by atoms with E-state index in [0.29, 0.717) is 27.7 Å². The van der Waals surface area contributed by atoms with Gasteiger partial charge in [0.2, 0.25) is 5.91 Å². The molecular formula is C26H19ClN4O2. The van der Waals surface area contributed by atoms with E-state index in [1.807, 2.05) is 61.5 Å². The summed E-state index contributed by atoms with van der Waals surface area (Å²) in [5.74, 6) is 1.00. The van der Waals surface area contributed by atoms with Gasteiger partial charge in [-0.1, -0.05) is 29.3 Å². The summed E-state index contributed by atoms with van der Waals surface area (Å²) in [6.07, 6.45) is 3.05. The Morgan fingerprint density at radius 2 is 1.70 bits per heavy atom. The summed E-state index contributed by atoms with van der Waals surface area (Å²) in [7, 11) is 0. The topological polar surface area (TPSA) is 73.0 Å². The van der Waals surface area contributed by atoms with Crippen LogP contribution in [0.5, 0.6) is 0 Å². The van der Waals surface area contributed by atoms with Gasteiger partial charge in [-0.15, -0.1) is 10.2 Å². The van der Waals surface area contributed by atoms with Crippen molar-refractivity contribution in [2.45, 2.75) is 6.92 Å². The number of aryl methyl sites for hydroxylation is 1. The monoisotopic (exact) mass is 454 g/mol. The van der Waals surface area contributed by atoms with Gasteiger partial charge in [0.05, 0.1) is 5.69 Å². The molecule has 0 aliphatic carbocycles. The number of furan rings is 1. The third kappa shape index (κ3) is 4.71. The highest BCUT2D eigenvalue weighted by Crippen LogP contribution is 2.24. The van der Waals surface area contributed by atoms with E-state index in [4.69, 9.17) is 16.0 Å². The van der Waals surface area contributed by atoms with E-state index < -0.39 is 0 Å². The zero-order valence-electron chi connectivity index (χ0n) is 17.7. The van der Waals surface area contributed by atoms with Crippen LogP contribution in [-0.2, 0) is 4.79 Å². The van der Waals surface area contributed by atoms with Crippen LogP contribution in [0.3, 0.4) is 0 Å². The summed E-state index contributed by atoms with van der Waals surface area (Å²) in [6, 6.07) is 24.4. The SMILES string of the molecule is Cc1ccc(-n2nc3ccc(NC(=O)/C=C/c4ccc(-c5ccc(Cl)cc5)o4)cc3n2)cc1. The van der Waals surface area contributed by atoms with E-state index in [-0.39, 0.29) is 5.91 Å². The number of carbonyl (C=O) groups is 1. The molecule has 0 saturated heterocycles. The van der Waals surface area contributed by atoms with E-state index >= 15 is 0 Å². The molecule has 0 saturated carbocycles. The number of anilines is 1. The van der Waals surface area contributed by atoms with Gasteiger partial charge in [0, 0.05) is 22.3 Å². The van der Waals surface area contributed by atoms with Crippen LogP contribution in [0.25, 0.3) is 34.1 Å². The number of halogens is 1. The van der Waals surface area contributed by atoms with Gasteiger partial charge in [-0.05, 0) is 79.7 Å². The van der Waals surface area contributed by atoms with Crippen molar-refractivity contribution in [3.63, 3.8) is 0 Å². The molecule has 33 heavy (non-hydrogen) atoms. The molecule has 0 radical (unpaired) electrons. The van der Waals surface area contributed by atoms with Gasteiger partial charge in [0.1, 0.15) is 22.6 Å². The number of benzene rings is 3. The Kier molecular flexibility index (Phi) is 5.50. The molecule has 1 amide bonds. The normalized spacial score (nSPS) is 11.3. The molecule has 5 rings (SSSR count). The largest absolute Gasteiger partial charge is 0.457 e. The Morgan fingerprint density at radius 1 is 0.939 bits per heavy atom. The molecule has 0 bridgehead atoms.